The highest BCUT2D eigenvalue weighted by Gasteiger charge is 2.25. The van der Waals surface area contributed by atoms with Gasteiger partial charge in [-0.05, 0) is 26.3 Å². The molecular weight excluding hydrogens is 339 g/mol. The van der Waals surface area contributed by atoms with Crippen molar-refractivity contribution in [3.8, 4) is 0 Å². The molecule has 1 aromatic heterocycles. The number of piperazine rings is 1. The third-order valence-corrected chi connectivity index (χ3v) is 4.36. The van der Waals surface area contributed by atoms with Gasteiger partial charge in [0, 0.05) is 44.7 Å². The fraction of sp³-hybridized carbons (Fsp3) is 0.733. The second-order valence-electron chi connectivity index (χ2n) is 6.09. The molecule has 0 spiro atoms. The summed E-state index contributed by atoms with van der Waals surface area (Å²) in [5.41, 5.74) is 0.919. The minimum Gasteiger partial charge on any atom is -0.360 e. The monoisotopic (exact) mass is 364 g/mol. The van der Waals surface area contributed by atoms with Gasteiger partial charge < -0.3 is 14.7 Å². The summed E-state index contributed by atoms with van der Waals surface area (Å²) in [6, 6.07) is 2.37. The first-order valence-electron chi connectivity index (χ1n) is 7.86. The van der Waals surface area contributed by atoms with E-state index in [9.17, 15) is 4.79 Å². The second-order valence-corrected chi connectivity index (χ2v) is 6.09. The molecule has 8 heteroatoms. The Morgan fingerprint density at radius 2 is 2.09 bits per heavy atom. The molecule has 1 atom stereocenters. The first-order valence-corrected chi connectivity index (χ1v) is 7.86. The number of carbonyl (C=O) groups is 1. The average Bonchev–Trinajstić information content (AvgIpc) is 3.12. The van der Waals surface area contributed by atoms with Crippen molar-refractivity contribution < 1.29 is 9.32 Å². The maximum atomic E-state index is 12.3. The van der Waals surface area contributed by atoms with E-state index >= 15 is 0 Å². The Bertz CT molecular complexity index is 484. The van der Waals surface area contributed by atoms with E-state index in [1.54, 1.807) is 0 Å². The predicted octanol–water partition coefficient (Wildman–Crippen LogP) is 1.61. The number of aromatic nitrogens is 1. The summed E-state index contributed by atoms with van der Waals surface area (Å²) in [5, 5.41) is 7.30. The van der Waals surface area contributed by atoms with Crippen LogP contribution in [0.15, 0.2) is 10.6 Å². The number of hydrogen-bond donors (Lipinski definition) is 1. The fourth-order valence-corrected chi connectivity index (χ4v) is 3.14. The molecule has 23 heavy (non-hydrogen) atoms. The molecule has 0 aromatic carbocycles. The molecule has 3 rings (SSSR count). The zero-order valence-electron chi connectivity index (χ0n) is 13.5. The molecule has 2 aliphatic heterocycles. The highest BCUT2D eigenvalue weighted by atomic mass is 35.5. The summed E-state index contributed by atoms with van der Waals surface area (Å²) in [6.45, 7) is 7.22. The molecular formula is C15H26Cl2N4O2. The molecule has 6 nitrogen and oxygen atoms in total. The number of amides is 1. The van der Waals surface area contributed by atoms with E-state index in [1.165, 1.54) is 6.42 Å². The van der Waals surface area contributed by atoms with Gasteiger partial charge in [0.2, 0.25) is 5.91 Å². The van der Waals surface area contributed by atoms with Gasteiger partial charge in [-0.25, -0.2) is 0 Å². The van der Waals surface area contributed by atoms with Crippen LogP contribution in [0.2, 0.25) is 0 Å². The Hall–Kier alpha value is -0.820. The minimum atomic E-state index is 0. The lowest BCUT2D eigenvalue weighted by Gasteiger charge is -2.34. The maximum Gasteiger partial charge on any atom is 0.224 e. The third kappa shape index (κ3) is 5.64. The molecule has 2 aliphatic rings. The average molecular weight is 365 g/mol. The van der Waals surface area contributed by atoms with Crippen LogP contribution in [-0.2, 0) is 11.3 Å². The van der Waals surface area contributed by atoms with Gasteiger partial charge in [-0.3, -0.25) is 9.69 Å². The largest absolute Gasteiger partial charge is 0.360 e. The molecule has 2 fully saturated rings. The molecule has 1 aromatic rings. The van der Waals surface area contributed by atoms with Crippen molar-refractivity contribution in [2.75, 3.05) is 32.7 Å². The van der Waals surface area contributed by atoms with Gasteiger partial charge in [-0.1, -0.05) is 5.16 Å². The lowest BCUT2D eigenvalue weighted by molar-refractivity contribution is -0.133. The first kappa shape index (κ1) is 20.2. The number of nitrogens with one attached hydrogen (secondary N) is 1. The van der Waals surface area contributed by atoms with Crippen LogP contribution in [0.4, 0.5) is 0 Å². The van der Waals surface area contributed by atoms with Crippen LogP contribution in [0, 0.1) is 6.92 Å². The zero-order chi connectivity index (χ0) is 14.7. The Balaban J connectivity index is 0.00000132. The van der Waals surface area contributed by atoms with Crippen molar-refractivity contribution in [2.45, 2.75) is 38.8 Å². The topological polar surface area (TPSA) is 61.6 Å². The van der Waals surface area contributed by atoms with E-state index in [0.29, 0.717) is 18.4 Å². The number of carbonyl (C=O) groups excluding carboxylic acids is 1. The number of aryl methyl sites for hydroxylation is 1. The first-order chi connectivity index (χ1) is 10.2. The molecule has 132 valence electrons. The Morgan fingerprint density at radius 1 is 1.35 bits per heavy atom. The van der Waals surface area contributed by atoms with Crippen molar-refractivity contribution in [3.05, 3.63) is 17.5 Å². The quantitative estimate of drug-likeness (QED) is 0.879. The number of nitrogens with zero attached hydrogens (tertiary/aromatic N) is 3. The van der Waals surface area contributed by atoms with Crippen LogP contribution >= 0.6 is 24.8 Å². The minimum absolute atomic E-state index is 0. The SMILES string of the molecule is Cc1cc(CN2CCN(C(=O)CC3CCCN3)CC2)on1.Cl.Cl. The Kier molecular flexibility index (Phi) is 8.33. The zero-order valence-corrected chi connectivity index (χ0v) is 15.1. The predicted molar refractivity (Wildman–Crippen MR) is 93.2 cm³/mol. The van der Waals surface area contributed by atoms with Gasteiger partial charge in [0.15, 0.2) is 5.76 Å². The van der Waals surface area contributed by atoms with Gasteiger partial charge in [0.1, 0.15) is 0 Å². The molecule has 2 saturated heterocycles. The van der Waals surface area contributed by atoms with E-state index in [-0.39, 0.29) is 24.8 Å². The number of halogens is 2. The van der Waals surface area contributed by atoms with Gasteiger partial charge in [0.05, 0.1) is 12.2 Å². The second kappa shape index (κ2) is 9.47. The molecule has 0 bridgehead atoms. The van der Waals surface area contributed by atoms with Crippen LogP contribution in [0.25, 0.3) is 0 Å². The smallest absolute Gasteiger partial charge is 0.224 e. The molecule has 1 amide bonds. The van der Waals surface area contributed by atoms with E-state index in [2.05, 4.69) is 15.4 Å². The Morgan fingerprint density at radius 3 is 2.65 bits per heavy atom. The van der Waals surface area contributed by atoms with E-state index in [4.69, 9.17) is 4.52 Å². The number of hydrogen-bond acceptors (Lipinski definition) is 5. The van der Waals surface area contributed by atoms with E-state index < -0.39 is 0 Å². The summed E-state index contributed by atoms with van der Waals surface area (Å²) in [7, 11) is 0. The van der Waals surface area contributed by atoms with Crippen LogP contribution in [-0.4, -0.2) is 59.6 Å². The molecule has 0 aliphatic carbocycles. The molecule has 1 unspecified atom stereocenters. The summed E-state index contributed by atoms with van der Waals surface area (Å²) in [4.78, 5) is 16.6. The van der Waals surface area contributed by atoms with E-state index in [0.717, 1.165) is 57.1 Å². The molecule has 3 heterocycles. The van der Waals surface area contributed by atoms with Crippen LogP contribution < -0.4 is 5.32 Å². The van der Waals surface area contributed by atoms with Crippen LogP contribution in [0.5, 0.6) is 0 Å². The van der Waals surface area contributed by atoms with Crippen molar-refractivity contribution in [1.82, 2.24) is 20.3 Å². The normalized spacial score (nSPS) is 21.6. The lowest BCUT2D eigenvalue weighted by atomic mass is 10.1. The number of rotatable bonds is 4. The van der Waals surface area contributed by atoms with Crippen molar-refractivity contribution >= 4 is 30.7 Å². The summed E-state index contributed by atoms with van der Waals surface area (Å²) >= 11 is 0. The van der Waals surface area contributed by atoms with E-state index in [1.807, 2.05) is 17.9 Å². The van der Waals surface area contributed by atoms with Crippen molar-refractivity contribution in [2.24, 2.45) is 0 Å². The maximum absolute atomic E-state index is 12.3. The van der Waals surface area contributed by atoms with Crippen molar-refractivity contribution in [1.29, 1.82) is 0 Å². The van der Waals surface area contributed by atoms with Crippen LogP contribution in [0.1, 0.15) is 30.7 Å². The summed E-state index contributed by atoms with van der Waals surface area (Å²) < 4.78 is 5.25. The lowest BCUT2D eigenvalue weighted by Crippen LogP contribution is -2.49. The summed E-state index contributed by atoms with van der Waals surface area (Å²) in [6.07, 6.45) is 2.99. The highest BCUT2D eigenvalue weighted by Crippen LogP contribution is 2.13. The fourth-order valence-electron chi connectivity index (χ4n) is 3.14. The van der Waals surface area contributed by atoms with Crippen LogP contribution in [0.3, 0.4) is 0 Å². The van der Waals surface area contributed by atoms with Crippen molar-refractivity contribution in [3.63, 3.8) is 0 Å². The Labute approximate surface area is 149 Å². The third-order valence-electron chi connectivity index (χ3n) is 4.36. The van der Waals surface area contributed by atoms with Gasteiger partial charge in [-0.2, -0.15) is 0 Å². The molecule has 1 N–H and O–H groups in total. The standard InChI is InChI=1S/C15H24N4O2.2ClH/c1-12-9-14(21-17-12)11-18-5-7-19(8-6-18)15(20)10-13-3-2-4-16-13;;/h9,13,16H,2-8,10-11H2,1H3;2*1H. The highest BCUT2D eigenvalue weighted by molar-refractivity contribution is 5.85. The van der Waals surface area contributed by atoms with Gasteiger partial charge in [-0.15, -0.1) is 24.8 Å². The van der Waals surface area contributed by atoms with Gasteiger partial charge >= 0.3 is 0 Å². The molecule has 0 saturated carbocycles. The van der Waals surface area contributed by atoms with Gasteiger partial charge in [0.25, 0.3) is 0 Å². The molecule has 0 radical (unpaired) electrons. The summed E-state index contributed by atoms with van der Waals surface area (Å²) in [5.74, 6) is 1.20.